The minimum atomic E-state index is -1.31. The smallest absolute Gasteiger partial charge is 0.224 e. The number of hydrogen-bond donors (Lipinski definition) is 2. The maximum Gasteiger partial charge on any atom is 0.224 e. The molecule has 0 saturated carbocycles. The van der Waals surface area contributed by atoms with Crippen LogP contribution in [-0.4, -0.2) is 20.9 Å². The number of nitrogens with one attached hydrogen (secondary N) is 2. The van der Waals surface area contributed by atoms with E-state index in [-0.39, 0.29) is 12.8 Å². The predicted molar refractivity (Wildman–Crippen MR) is 77.2 cm³/mol. The first-order valence-corrected chi connectivity index (χ1v) is 6.76. The summed E-state index contributed by atoms with van der Waals surface area (Å²) in [5.41, 5.74) is 1.07. The van der Waals surface area contributed by atoms with Crippen LogP contribution in [0.3, 0.4) is 0 Å². The molecule has 0 bridgehead atoms. The molecule has 3 rings (SSSR count). The molecule has 0 aliphatic heterocycles. The zero-order chi connectivity index (χ0) is 16.4. The number of aromatic nitrogens is 3. The van der Waals surface area contributed by atoms with Crippen molar-refractivity contribution in [2.24, 2.45) is 0 Å². The zero-order valence-corrected chi connectivity index (χ0v) is 11.7. The van der Waals surface area contributed by atoms with Crippen LogP contribution < -0.4 is 5.32 Å². The van der Waals surface area contributed by atoms with Crippen molar-refractivity contribution in [3.8, 4) is 0 Å². The number of rotatable bonds is 4. The molecule has 0 atom stereocenters. The van der Waals surface area contributed by atoms with Crippen molar-refractivity contribution in [2.75, 3.05) is 5.32 Å². The highest BCUT2D eigenvalue weighted by molar-refractivity contribution is 5.91. The molecule has 2 heterocycles. The van der Waals surface area contributed by atoms with Gasteiger partial charge in [-0.3, -0.25) is 9.78 Å². The van der Waals surface area contributed by atoms with Crippen LogP contribution in [0.4, 0.5) is 18.9 Å². The van der Waals surface area contributed by atoms with Crippen LogP contribution in [0.1, 0.15) is 12.2 Å². The number of halogens is 3. The third-order valence-electron chi connectivity index (χ3n) is 3.21. The van der Waals surface area contributed by atoms with Gasteiger partial charge in [0.2, 0.25) is 5.91 Å². The molecule has 1 aromatic carbocycles. The molecule has 3 aromatic rings. The number of hydrogen-bond acceptors (Lipinski definition) is 3. The molecular formula is C15H11F3N4O. The van der Waals surface area contributed by atoms with Crippen molar-refractivity contribution >= 4 is 22.6 Å². The third kappa shape index (κ3) is 3.31. The number of imidazole rings is 1. The Labute approximate surface area is 128 Å². The van der Waals surface area contributed by atoms with E-state index in [9.17, 15) is 18.0 Å². The number of anilines is 1. The van der Waals surface area contributed by atoms with Gasteiger partial charge in [-0.25, -0.2) is 18.2 Å². The summed E-state index contributed by atoms with van der Waals surface area (Å²) in [5.74, 6) is -3.53. The van der Waals surface area contributed by atoms with E-state index in [1.54, 1.807) is 18.5 Å². The maximum atomic E-state index is 13.4. The standard InChI is InChI=1S/C15H11F3N4O/c16-8-5-10(18)12(6-9(8)17)22-15(23)2-1-14-20-11-3-4-19-7-13(11)21-14/h3-7H,1-2H2,(H,20,21)(H,22,23). The molecule has 0 unspecified atom stereocenters. The molecule has 0 spiro atoms. The van der Waals surface area contributed by atoms with Crippen molar-refractivity contribution < 1.29 is 18.0 Å². The monoisotopic (exact) mass is 320 g/mol. The van der Waals surface area contributed by atoms with E-state index in [1.165, 1.54) is 0 Å². The van der Waals surface area contributed by atoms with Crippen LogP contribution in [0, 0.1) is 17.5 Å². The lowest BCUT2D eigenvalue weighted by atomic mass is 10.2. The van der Waals surface area contributed by atoms with E-state index >= 15 is 0 Å². The molecule has 1 amide bonds. The number of nitrogens with zero attached hydrogens (tertiary/aromatic N) is 2. The number of aryl methyl sites for hydroxylation is 1. The van der Waals surface area contributed by atoms with Crippen molar-refractivity contribution in [3.05, 3.63) is 53.9 Å². The first kappa shape index (κ1) is 15.0. The SMILES string of the molecule is O=C(CCc1nc2ccncc2[nH]1)Nc1cc(F)c(F)cc1F. The largest absolute Gasteiger partial charge is 0.341 e. The van der Waals surface area contributed by atoms with Gasteiger partial charge in [-0.15, -0.1) is 0 Å². The van der Waals surface area contributed by atoms with E-state index in [4.69, 9.17) is 0 Å². The molecule has 0 aliphatic rings. The van der Waals surface area contributed by atoms with Crippen LogP contribution in [0.25, 0.3) is 11.0 Å². The number of benzene rings is 1. The fraction of sp³-hybridized carbons (Fsp3) is 0.133. The third-order valence-corrected chi connectivity index (χ3v) is 3.21. The van der Waals surface area contributed by atoms with Crippen LogP contribution in [-0.2, 0) is 11.2 Å². The van der Waals surface area contributed by atoms with Crippen LogP contribution in [0.5, 0.6) is 0 Å². The first-order chi connectivity index (χ1) is 11.0. The molecular weight excluding hydrogens is 309 g/mol. The summed E-state index contributed by atoms with van der Waals surface area (Å²) in [6.07, 6.45) is 3.51. The molecule has 118 valence electrons. The summed E-state index contributed by atoms with van der Waals surface area (Å²) in [6, 6.07) is 2.72. The van der Waals surface area contributed by atoms with Crippen LogP contribution >= 0.6 is 0 Å². The fourth-order valence-electron chi connectivity index (χ4n) is 2.09. The van der Waals surface area contributed by atoms with Gasteiger partial charge in [0.05, 0.1) is 22.9 Å². The van der Waals surface area contributed by atoms with E-state index in [1.807, 2.05) is 0 Å². The Morgan fingerprint density at radius 2 is 1.96 bits per heavy atom. The van der Waals surface area contributed by atoms with Crippen molar-refractivity contribution in [1.29, 1.82) is 0 Å². The quantitative estimate of drug-likeness (QED) is 0.726. The molecule has 23 heavy (non-hydrogen) atoms. The Balaban J connectivity index is 1.64. The number of pyridine rings is 1. The number of fused-ring (bicyclic) bond motifs is 1. The maximum absolute atomic E-state index is 13.4. The number of H-pyrrole nitrogens is 1. The highest BCUT2D eigenvalue weighted by Crippen LogP contribution is 2.19. The molecule has 0 saturated heterocycles. The summed E-state index contributed by atoms with van der Waals surface area (Å²) in [5, 5.41) is 2.21. The number of carbonyl (C=O) groups is 1. The van der Waals surface area contributed by atoms with E-state index in [2.05, 4.69) is 20.3 Å². The van der Waals surface area contributed by atoms with Gasteiger partial charge in [-0.05, 0) is 6.07 Å². The van der Waals surface area contributed by atoms with Gasteiger partial charge in [-0.1, -0.05) is 0 Å². The van der Waals surface area contributed by atoms with E-state index in [0.717, 1.165) is 11.0 Å². The lowest BCUT2D eigenvalue weighted by Gasteiger charge is -2.06. The Morgan fingerprint density at radius 3 is 2.74 bits per heavy atom. The van der Waals surface area contributed by atoms with Gasteiger partial charge in [0.25, 0.3) is 0 Å². The highest BCUT2D eigenvalue weighted by atomic mass is 19.2. The van der Waals surface area contributed by atoms with Gasteiger partial charge < -0.3 is 10.3 Å². The van der Waals surface area contributed by atoms with Gasteiger partial charge in [0, 0.05) is 31.2 Å². The Morgan fingerprint density at radius 1 is 1.17 bits per heavy atom. The summed E-state index contributed by atoms with van der Waals surface area (Å²) in [7, 11) is 0. The normalized spacial score (nSPS) is 10.9. The number of aromatic amines is 1. The van der Waals surface area contributed by atoms with Crippen molar-refractivity contribution in [3.63, 3.8) is 0 Å². The van der Waals surface area contributed by atoms with Gasteiger partial charge in [-0.2, -0.15) is 0 Å². The Kier molecular flexibility index (Phi) is 3.96. The number of carbonyl (C=O) groups excluding carboxylic acids is 1. The minimum absolute atomic E-state index is 0.00564. The first-order valence-electron chi connectivity index (χ1n) is 6.76. The molecule has 8 heteroatoms. The number of amides is 1. The second-order valence-corrected chi connectivity index (χ2v) is 4.87. The zero-order valence-electron chi connectivity index (χ0n) is 11.7. The van der Waals surface area contributed by atoms with Crippen LogP contribution in [0.2, 0.25) is 0 Å². The summed E-state index contributed by atoms with van der Waals surface area (Å²) in [4.78, 5) is 23.0. The molecule has 2 aromatic heterocycles. The Bertz CT molecular complexity index is 845. The lowest BCUT2D eigenvalue weighted by molar-refractivity contribution is -0.116. The fourth-order valence-corrected chi connectivity index (χ4v) is 2.09. The predicted octanol–water partition coefficient (Wildman–Crippen LogP) is 2.95. The van der Waals surface area contributed by atoms with Gasteiger partial charge >= 0.3 is 0 Å². The molecule has 0 aliphatic carbocycles. The molecule has 2 N–H and O–H groups in total. The summed E-state index contributed by atoms with van der Waals surface area (Å²) in [6.45, 7) is 0. The van der Waals surface area contributed by atoms with Crippen LogP contribution in [0.15, 0.2) is 30.6 Å². The van der Waals surface area contributed by atoms with E-state index < -0.39 is 29.0 Å². The molecule has 0 fully saturated rings. The minimum Gasteiger partial charge on any atom is -0.341 e. The van der Waals surface area contributed by atoms with Crippen molar-refractivity contribution in [1.82, 2.24) is 15.0 Å². The highest BCUT2D eigenvalue weighted by Gasteiger charge is 2.13. The van der Waals surface area contributed by atoms with Gasteiger partial charge in [0.15, 0.2) is 11.6 Å². The molecule has 0 radical (unpaired) electrons. The second kappa shape index (κ2) is 6.07. The van der Waals surface area contributed by atoms with Gasteiger partial charge in [0.1, 0.15) is 11.6 Å². The lowest BCUT2D eigenvalue weighted by Crippen LogP contribution is -2.14. The summed E-state index contributed by atoms with van der Waals surface area (Å²) >= 11 is 0. The molecule has 5 nitrogen and oxygen atoms in total. The Hall–Kier alpha value is -2.90. The second-order valence-electron chi connectivity index (χ2n) is 4.87. The average Bonchev–Trinajstić information content (AvgIpc) is 2.93. The van der Waals surface area contributed by atoms with E-state index in [0.29, 0.717) is 18.0 Å². The van der Waals surface area contributed by atoms with Crippen molar-refractivity contribution in [2.45, 2.75) is 12.8 Å². The average molecular weight is 320 g/mol. The topological polar surface area (TPSA) is 70.7 Å². The summed E-state index contributed by atoms with van der Waals surface area (Å²) < 4.78 is 39.3.